The van der Waals surface area contributed by atoms with Crippen molar-refractivity contribution >= 4 is 22.6 Å². The number of fused-ring (bicyclic) bond motifs is 1. The summed E-state index contributed by atoms with van der Waals surface area (Å²) in [4.78, 5) is 4.58. The van der Waals surface area contributed by atoms with Crippen molar-refractivity contribution in [2.45, 2.75) is 0 Å². The van der Waals surface area contributed by atoms with E-state index in [4.69, 9.17) is 9.47 Å². The van der Waals surface area contributed by atoms with E-state index in [2.05, 4.69) is 11.1 Å². The second kappa shape index (κ2) is 6.84. The van der Waals surface area contributed by atoms with Gasteiger partial charge in [0.25, 0.3) is 0 Å². The summed E-state index contributed by atoms with van der Waals surface area (Å²) in [6.45, 7) is 0. The Morgan fingerprint density at radius 1 is 1.00 bits per heavy atom. The first kappa shape index (κ1) is 15.6. The Bertz CT molecular complexity index is 955. The molecule has 3 rings (SSSR count). The SMILES string of the molecule is COc1ccc(C(C#N)=Cc2ccc3ccccc3n2)cc1OC. The van der Waals surface area contributed by atoms with Crippen molar-refractivity contribution in [3.05, 3.63) is 65.9 Å². The van der Waals surface area contributed by atoms with Crippen LogP contribution < -0.4 is 9.47 Å². The minimum atomic E-state index is 0.513. The van der Waals surface area contributed by atoms with Crippen LogP contribution in [0.3, 0.4) is 0 Å². The zero-order valence-electron chi connectivity index (χ0n) is 13.5. The molecule has 2 aromatic carbocycles. The van der Waals surface area contributed by atoms with Gasteiger partial charge in [0.15, 0.2) is 11.5 Å². The molecule has 4 heteroatoms. The van der Waals surface area contributed by atoms with Crippen molar-refractivity contribution in [3.63, 3.8) is 0 Å². The van der Waals surface area contributed by atoms with Gasteiger partial charge in [-0.05, 0) is 42.0 Å². The number of benzene rings is 2. The maximum atomic E-state index is 9.53. The fourth-order valence-electron chi connectivity index (χ4n) is 2.49. The second-order valence-electron chi connectivity index (χ2n) is 5.17. The Morgan fingerprint density at radius 2 is 1.79 bits per heavy atom. The van der Waals surface area contributed by atoms with Crippen molar-refractivity contribution < 1.29 is 9.47 Å². The van der Waals surface area contributed by atoms with Gasteiger partial charge in [0.2, 0.25) is 0 Å². The molecule has 0 N–H and O–H groups in total. The highest BCUT2D eigenvalue weighted by Gasteiger charge is 2.08. The van der Waals surface area contributed by atoms with Crippen molar-refractivity contribution in [2.75, 3.05) is 14.2 Å². The molecule has 0 aliphatic rings. The third-order valence-corrected chi connectivity index (χ3v) is 3.73. The lowest BCUT2D eigenvalue weighted by molar-refractivity contribution is 0.355. The molecule has 0 aliphatic carbocycles. The molecule has 1 heterocycles. The Labute approximate surface area is 140 Å². The molecule has 0 radical (unpaired) electrons. The summed E-state index contributed by atoms with van der Waals surface area (Å²) in [5, 5.41) is 10.6. The van der Waals surface area contributed by atoms with E-state index in [1.54, 1.807) is 32.4 Å². The molecule has 1 aromatic heterocycles. The van der Waals surface area contributed by atoms with Gasteiger partial charge in [0.1, 0.15) is 0 Å². The van der Waals surface area contributed by atoms with Crippen LogP contribution in [0.2, 0.25) is 0 Å². The molecule has 118 valence electrons. The first-order chi connectivity index (χ1) is 11.7. The third kappa shape index (κ3) is 3.06. The largest absolute Gasteiger partial charge is 0.493 e. The highest BCUT2D eigenvalue weighted by molar-refractivity contribution is 5.90. The van der Waals surface area contributed by atoms with Crippen molar-refractivity contribution in [3.8, 4) is 17.6 Å². The van der Waals surface area contributed by atoms with Gasteiger partial charge in [-0.15, -0.1) is 0 Å². The molecule has 0 spiro atoms. The number of ether oxygens (including phenoxy) is 2. The normalized spacial score (nSPS) is 11.1. The van der Waals surface area contributed by atoms with Crippen molar-refractivity contribution in [1.82, 2.24) is 4.98 Å². The number of hydrogen-bond acceptors (Lipinski definition) is 4. The first-order valence-electron chi connectivity index (χ1n) is 7.45. The lowest BCUT2D eigenvalue weighted by Gasteiger charge is -2.09. The molecular weight excluding hydrogens is 300 g/mol. The number of para-hydroxylation sites is 1. The lowest BCUT2D eigenvalue weighted by Crippen LogP contribution is -1.92. The number of pyridine rings is 1. The summed E-state index contributed by atoms with van der Waals surface area (Å²) >= 11 is 0. The van der Waals surface area contributed by atoms with Gasteiger partial charge >= 0.3 is 0 Å². The topological polar surface area (TPSA) is 55.1 Å². The average Bonchev–Trinajstić information content (AvgIpc) is 2.65. The van der Waals surface area contributed by atoms with Gasteiger partial charge in [-0.2, -0.15) is 5.26 Å². The molecular formula is C20H16N2O2. The van der Waals surface area contributed by atoms with Crippen molar-refractivity contribution in [2.24, 2.45) is 0 Å². The Balaban J connectivity index is 2.04. The fourth-order valence-corrected chi connectivity index (χ4v) is 2.49. The molecule has 24 heavy (non-hydrogen) atoms. The predicted octanol–water partition coefficient (Wildman–Crippen LogP) is 4.32. The summed E-state index contributed by atoms with van der Waals surface area (Å²) in [7, 11) is 3.15. The smallest absolute Gasteiger partial charge is 0.161 e. The minimum Gasteiger partial charge on any atom is -0.493 e. The summed E-state index contributed by atoms with van der Waals surface area (Å²) in [5.41, 5.74) is 2.90. The first-order valence-corrected chi connectivity index (χ1v) is 7.45. The van der Waals surface area contributed by atoms with E-state index in [1.165, 1.54) is 0 Å². The molecule has 0 fully saturated rings. The maximum Gasteiger partial charge on any atom is 0.161 e. The van der Waals surface area contributed by atoms with Gasteiger partial charge in [-0.25, -0.2) is 4.98 Å². The van der Waals surface area contributed by atoms with Crippen LogP contribution in [0.15, 0.2) is 54.6 Å². The van der Waals surface area contributed by atoms with E-state index in [0.717, 1.165) is 22.2 Å². The molecule has 0 amide bonds. The van der Waals surface area contributed by atoms with Gasteiger partial charge in [-0.3, -0.25) is 0 Å². The van der Waals surface area contributed by atoms with E-state index in [9.17, 15) is 5.26 Å². The van der Waals surface area contributed by atoms with Crippen LogP contribution in [0.25, 0.3) is 22.6 Å². The summed E-state index contributed by atoms with van der Waals surface area (Å²) in [6, 6.07) is 19.4. The Hall–Kier alpha value is -3.32. The Morgan fingerprint density at radius 3 is 2.54 bits per heavy atom. The second-order valence-corrected chi connectivity index (χ2v) is 5.17. The molecule has 0 bridgehead atoms. The number of methoxy groups -OCH3 is 2. The van der Waals surface area contributed by atoms with Crippen LogP contribution in [0.4, 0.5) is 0 Å². The summed E-state index contributed by atoms with van der Waals surface area (Å²) in [5.74, 6) is 1.21. The predicted molar refractivity (Wildman–Crippen MR) is 94.8 cm³/mol. The highest BCUT2D eigenvalue weighted by atomic mass is 16.5. The van der Waals surface area contributed by atoms with Gasteiger partial charge in [-0.1, -0.05) is 24.3 Å². The summed E-state index contributed by atoms with van der Waals surface area (Å²) in [6.07, 6.45) is 1.77. The fraction of sp³-hybridized carbons (Fsp3) is 0.100. The van der Waals surface area contributed by atoms with Gasteiger partial charge in [0.05, 0.1) is 37.1 Å². The highest BCUT2D eigenvalue weighted by Crippen LogP contribution is 2.30. The van der Waals surface area contributed by atoms with E-state index in [1.807, 2.05) is 42.5 Å². The third-order valence-electron chi connectivity index (χ3n) is 3.73. The molecule has 0 saturated heterocycles. The van der Waals surface area contributed by atoms with Crippen LogP contribution >= 0.6 is 0 Å². The molecule has 0 atom stereocenters. The van der Waals surface area contributed by atoms with Crippen LogP contribution in [0.1, 0.15) is 11.3 Å². The molecule has 3 aromatic rings. The van der Waals surface area contributed by atoms with Crippen LogP contribution in [-0.2, 0) is 0 Å². The van der Waals surface area contributed by atoms with E-state index < -0.39 is 0 Å². The van der Waals surface area contributed by atoms with E-state index >= 15 is 0 Å². The number of rotatable bonds is 4. The molecule has 4 nitrogen and oxygen atoms in total. The molecule has 0 unspecified atom stereocenters. The quantitative estimate of drug-likeness (QED) is 0.673. The lowest BCUT2D eigenvalue weighted by atomic mass is 10.0. The van der Waals surface area contributed by atoms with Crippen molar-refractivity contribution in [1.29, 1.82) is 5.26 Å². The van der Waals surface area contributed by atoms with Crippen LogP contribution in [-0.4, -0.2) is 19.2 Å². The number of nitrogens with zero attached hydrogens (tertiary/aromatic N) is 2. The Kier molecular flexibility index (Phi) is 4.44. The van der Waals surface area contributed by atoms with Crippen LogP contribution in [0, 0.1) is 11.3 Å². The number of allylic oxidation sites excluding steroid dienone is 1. The van der Waals surface area contributed by atoms with Crippen LogP contribution in [0.5, 0.6) is 11.5 Å². The molecule has 0 aliphatic heterocycles. The minimum absolute atomic E-state index is 0.513. The maximum absolute atomic E-state index is 9.53. The zero-order valence-corrected chi connectivity index (χ0v) is 13.5. The monoisotopic (exact) mass is 316 g/mol. The number of nitriles is 1. The van der Waals surface area contributed by atoms with Gasteiger partial charge in [0, 0.05) is 5.39 Å². The molecule has 0 saturated carbocycles. The number of aromatic nitrogens is 1. The van der Waals surface area contributed by atoms with E-state index in [0.29, 0.717) is 17.1 Å². The van der Waals surface area contributed by atoms with E-state index in [-0.39, 0.29) is 0 Å². The van der Waals surface area contributed by atoms with Gasteiger partial charge < -0.3 is 9.47 Å². The summed E-state index contributed by atoms with van der Waals surface area (Å²) < 4.78 is 10.5. The standard InChI is InChI=1S/C20H16N2O2/c1-23-19-10-8-15(12-20(19)24-2)16(13-21)11-17-9-7-14-5-3-4-6-18(14)22-17/h3-12H,1-2H3. The number of hydrogen-bond donors (Lipinski definition) is 0. The zero-order chi connectivity index (χ0) is 16.9. The average molecular weight is 316 g/mol.